The second-order valence-corrected chi connectivity index (χ2v) is 7.19. The van der Waals surface area contributed by atoms with Gasteiger partial charge >= 0.3 is 0 Å². The smallest absolute Gasteiger partial charge is 0.227 e. The van der Waals surface area contributed by atoms with Crippen molar-refractivity contribution in [2.75, 3.05) is 48.4 Å². The van der Waals surface area contributed by atoms with Crippen molar-refractivity contribution in [3.63, 3.8) is 0 Å². The van der Waals surface area contributed by atoms with Crippen LogP contribution in [0.5, 0.6) is 0 Å². The van der Waals surface area contributed by atoms with E-state index in [0.717, 1.165) is 43.4 Å². The first-order chi connectivity index (χ1) is 11.1. The number of hydrogen-bond donors (Lipinski definition) is 0. The van der Waals surface area contributed by atoms with Crippen LogP contribution in [0.4, 0.5) is 11.4 Å². The van der Waals surface area contributed by atoms with Crippen molar-refractivity contribution in [1.82, 2.24) is 0 Å². The monoisotopic (exact) mass is 334 g/mol. The quantitative estimate of drug-likeness (QED) is 0.844. The van der Waals surface area contributed by atoms with E-state index in [1.807, 2.05) is 17.0 Å². The predicted molar refractivity (Wildman–Crippen MR) is 93.1 cm³/mol. The van der Waals surface area contributed by atoms with Crippen LogP contribution in [0, 0.1) is 5.92 Å². The maximum atomic E-state index is 12.3. The number of carbonyl (C=O) groups is 2. The molecule has 2 aliphatic heterocycles. The van der Waals surface area contributed by atoms with Crippen molar-refractivity contribution in [1.29, 1.82) is 0 Å². The molecule has 1 atom stereocenters. The van der Waals surface area contributed by atoms with Crippen LogP contribution in [0.15, 0.2) is 24.3 Å². The first-order valence-corrected chi connectivity index (χ1v) is 8.98. The van der Waals surface area contributed by atoms with Crippen LogP contribution in [-0.2, 0) is 14.3 Å². The number of carbonyl (C=O) groups excluding carboxylic acids is 2. The largest absolute Gasteiger partial charge is 0.378 e. The molecule has 0 saturated carbocycles. The van der Waals surface area contributed by atoms with Gasteiger partial charge in [-0.25, -0.2) is 0 Å². The summed E-state index contributed by atoms with van der Waals surface area (Å²) in [5, 5.41) is 0.116. The SMILES string of the molecule is CC(=O)SCC1CC(=O)N(c2cccc(N3CCOCC3)c2)C1. The van der Waals surface area contributed by atoms with Gasteiger partial charge in [0.05, 0.1) is 13.2 Å². The number of thioether (sulfide) groups is 1. The third-order valence-corrected chi connectivity index (χ3v) is 5.29. The van der Waals surface area contributed by atoms with E-state index < -0.39 is 0 Å². The summed E-state index contributed by atoms with van der Waals surface area (Å²) in [4.78, 5) is 27.6. The van der Waals surface area contributed by atoms with Gasteiger partial charge in [0.15, 0.2) is 5.12 Å². The average Bonchev–Trinajstić information content (AvgIpc) is 2.95. The minimum Gasteiger partial charge on any atom is -0.378 e. The highest BCUT2D eigenvalue weighted by molar-refractivity contribution is 8.13. The highest BCUT2D eigenvalue weighted by atomic mass is 32.2. The van der Waals surface area contributed by atoms with Crippen LogP contribution in [0.2, 0.25) is 0 Å². The second-order valence-electron chi connectivity index (χ2n) is 6.00. The van der Waals surface area contributed by atoms with Gasteiger partial charge in [-0.1, -0.05) is 17.8 Å². The Kier molecular flexibility index (Phi) is 5.23. The Morgan fingerprint density at radius 2 is 2.04 bits per heavy atom. The molecular formula is C17H22N2O3S. The molecule has 1 amide bonds. The Morgan fingerprint density at radius 3 is 2.78 bits per heavy atom. The minimum atomic E-state index is 0.116. The molecule has 0 bridgehead atoms. The van der Waals surface area contributed by atoms with Crippen LogP contribution in [0.25, 0.3) is 0 Å². The molecule has 2 aliphatic rings. The van der Waals surface area contributed by atoms with Crippen LogP contribution in [0.1, 0.15) is 13.3 Å². The number of nitrogens with zero attached hydrogens (tertiary/aromatic N) is 2. The molecular weight excluding hydrogens is 312 g/mol. The van der Waals surface area contributed by atoms with E-state index >= 15 is 0 Å². The zero-order valence-corrected chi connectivity index (χ0v) is 14.2. The summed E-state index contributed by atoms with van der Waals surface area (Å²) >= 11 is 1.31. The third kappa shape index (κ3) is 4.06. The summed E-state index contributed by atoms with van der Waals surface area (Å²) in [6, 6.07) is 8.16. The molecule has 2 saturated heterocycles. The maximum Gasteiger partial charge on any atom is 0.227 e. The number of benzene rings is 1. The molecule has 6 heteroatoms. The Labute approximate surface area is 141 Å². The standard InChI is InChI=1S/C17H22N2O3S/c1-13(20)23-12-14-9-17(21)19(11-14)16-4-2-3-15(10-16)18-5-7-22-8-6-18/h2-4,10,14H,5-9,11-12H2,1H3. The summed E-state index contributed by atoms with van der Waals surface area (Å²) in [7, 11) is 0. The highest BCUT2D eigenvalue weighted by Gasteiger charge is 2.31. The van der Waals surface area contributed by atoms with E-state index in [4.69, 9.17) is 4.74 Å². The van der Waals surface area contributed by atoms with Crippen LogP contribution >= 0.6 is 11.8 Å². The molecule has 2 fully saturated rings. The van der Waals surface area contributed by atoms with Crippen molar-refractivity contribution >= 4 is 34.2 Å². The number of hydrogen-bond acceptors (Lipinski definition) is 5. The van der Waals surface area contributed by atoms with Gasteiger partial charge in [-0.15, -0.1) is 0 Å². The minimum absolute atomic E-state index is 0.116. The second kappa shape index (κ2) is 7.36. The molecule has 0 aromatic heterocycles. The maximum absolute atomic E-state index is 12.3. The summed E-state index contributed by atoms with van der Waals surface area (Å²) in [5.41, 5.74) is 2.09. The summed E-state index contributed by atoms with van der Waals surface area (Å²) in [6.45, 7) is 5.54. The van der Waals surface area contributed by atoms with Crippen molar-refractivity contribution in [2.45, 2.75) is 13.3 Å². The fourth-order valence-electron chi connectivity index (χ4n) is 3.06. The molecule has 2 heterocycles. The fraction of sp³-hybridized carbons (Fsp3) is 0.529. The number of anilines is 2. The van der Waals surface area contributed by atoms with Gasteiger partial charge in [-0.3, -0.25) is 9.59 Å². The van der Waals surface area contributed by atoms with Gasteiger partial charge in [0.25, 0.3) is 0 Å². The van der Waals surface area contributed by atoms with Crippen molar-refractivity contribution in [3.05, 3.63) is 24.3 Å². The van der Waals surface area contributed by atoms with Gasteiger partial charge in [0.2, 0.25) is 5.91 Å². The average molecular weight is 334 g/mol. The topological polar surface area (TPSA) is 49.9 Å². The predicted octanol–water partition coefficient (Wildman–Crippen LogP) is 2.16. The van der Waals surface area contributed by atoms with E-state index in [2.05, 4.69) is 17.0 Å². The molecule has 0 N–H and O–H groups in total. The Bertz CT molecular complexity index is 587. The van der Waals surface area contributed by atoms with Crippen molar-refractivity contribution < 1.29 is 14.3 Å². The highest BCUT2D eigenvalue weighted by Crippen LogP contribution is 2.30. The number of morpholine rings is 1. The zero-order chi connectivity index (χ0) is 16.2. The van der Waals surface area contributed by atoms with Crippen LogP contribution < -0.4 is 9.80 Å². The Balaban J connectivity index is 1.69. The first-order valence-electron chi connectivity index (χ1n) is 8.00. The molecule has 0 radical (unpaired) electrons. The molecule has 5 nitrogen and oxygen atoms in total. The molecule has 23 heavy (non-hydrogen) atoms. The first kappa shape index (κ1) is 16.3. The third-order valence-electron chi connectivity index (χ3n) is 4.25. The zero-order valence-electron chi connectivity index (χ0n) is 13.4. The fourth-order valence-corrected chi connectivity index (χ4v) is 3.75. The lowest BCUT2D eigenvalue weighted by molar-refractivity contribution is -0.117. The Morgan fingerprint density at radius 1 is 1.30 bits per heavy atom. The van der Waals surface area contributed by atoms with Gasteiger partial charge in [-0.05, 0) is 24.1 Å². The summed E-state index contributed by atoms with van der Waals surface area (Å²) in [5.74, 6) is 1.13. The molecule has 1 aromatic rings. The molecule has 0 aliphatic carbocycles. The van der Waals surface area contributed by atoms with Crippen LogP contribution in [-0.4, -0.2) is 49.6 Å². The summed E-state index contributed by atoms with van der Waals surface area (Å²) < 4.78 is 5.39. The normalized spacial score (nSPS) is 21.8. The van der Waals surface area contributed by atoms with Crippen molar-refractivity contribution in [2.24, 2.45) is 5.92 Å². The molecule has 1 unspecified atom stereocenters. The van der Waals surface area contributed by atoms with E-state index in [1.165, 1.54) is 11.8 Å². The van der Waals surface area contributed by atoms with Gasteiger partial charge in [0.1, 0.15) is 0 Å². The van der Waals surface area contributed by atoms with E-state index in [1.54, 1.807) is 6.92 Å². The summed E-state index contributed by atoms with van der Waals surface area (Å²) in [6.07, 6.45) is 0.530. The van der Waals surface area contributed by atoms with E-state index in [-0.39, 0.29) is 16.9 Å². The van der Waals surface area contributed by atoms with Gasteiger partial charge < -0.3 is 14.5 Å². The Hall–Kier alpha value is -1.53. The lowest BCUT2D eigenvalue weighted by Crippen LogP contribution is -2.36. The molecule has 3 rings (SSSR count). The van der Waals surface area contributed by atoms with E-state index in [9.17, 15) is 9.59 Å². The van der Waals surface area contributed by atoms with Gasteiger partial charge in [0, 0.05) is 50.1 Å². The van der Waals surface area contributed by atoms with Crippen molar-refractivity contribution in [3.8, 4) is 0 Å². The van der Waals surface area contributed by atoms with Gasteiger partial charge in [-0.2, -0.15) is 0 Å². The molecule has 124 valence electrons. The van der Waals surface area contributed by atoms with Crippen LogP contribution in [0.3, 0.4) is 0 Å². The lowest BCUT2D eigenvalue weighted by Gasteiger charge is -2.29. The number of amides is 1. The molecule has 1 aromatic carbocycles. The van der Waals surface area contributed by atoms with E-state index in [0.29, 0.717) is 13.0 Å². The lowest BCUT2D eigenvalue weighted by atomic mass is 10.1. The number of ether oxygens (including phenoxy) is 1. The number of rotatable bonds is 4. The molecule has 0 spiro atoms.